The predicted octanol–water partition coefficient (Wildman–Crippen LogP) is 4.29. The molecule has 1 N–H and O–H groups in total. The Morgan fingerprint density at radius 2 is 1.53 bits per heavy atom. The number of rotatable bonds is 8. The number of nitrogens with one attached hydrogen (secondary N) is 1. The number of amides is 1. The third kappa shape index (κ3) is 5.33. The van der Waals surface area contributed by atoms with Crippen LogP contribution in [0.2, 0.25) is 0 Å². The smallest absolute Gasteiger partial charge is 0.264 e. The maximum Gasteiger partial charge on any atom is 0.264 e. The van der Waals surface area contributed by atoms with Gasteiger partial charge in [-0.25, -0.2) is 8.42 Å². The van der Waals surface area contributed by atoms with E-state index in [1.54, 1.807) is 31.2 Å². The normalized spacial score (nSPS) is 16.4. The summed E-state index contributed by atoms with van der Waals surface area (Å²) in [6.45, 7) is 2.72. The first kappa shape index (κ1) is 24.3. The molecule has 0 spiro atoms. The molecule has 0 atom stereocenters. The van der Waals surface area contributed by atoms with Crippen LogP contribution in [0.4, 0.5) is 5.69 Å². The van der Waals surface area contributed by atoms with Crippen molar-refractivity contribution in [2.45, 2.75) is 55.9 Å². The van der Waals surface area contributed by atoms with Crippen molar-refractivity contribution in [3.05, 3.63) is 60.2 Å². The number of sulfonamides is 1. The quantitative estimate of drug-likeness (QED) is 0.601. The van der Waals surface area contributed by atoms with Crippen molar-refractivity contribution in [2.24, 2.45) is 0 Å². The summed E-state index contributed by atoms with van der Waals surface area (Å²) in [5.41, 5.74) is 1.07. The second-order valence-corrected chi connectivity index (χ2v) is 10.6. The Labute approximate surface area is 192 Å². The molecule has 0 unspecified atom stereocenters. The number of likely N-dealkylation sites (N-methyl/N-ethyl adjacent to an activating group) is 1. The lowest BCUT2D eigenvalue weighted by Gasteiger charge is -2.39. The van der Waals surface area contributed by atoms with Gasteiger partial charge in [0.1, 0.15) is 0 Å². The van der Waals surface area contributed by atoms with Crippen molar-refractivity contribution < 1.29 is 13.2 Å². The van der Waals surface area contributed by atoms with Gasteiger partial charge in [0, 0.05) is 24.2 Å². The first-order valence-electron chi connectivity index (χ1n) is 11.4. The van der Waals surface area contributed by atoms with E-state index in [0.29, 0.717) is 24.3 Å². The summed E-state index contributed by atoms with van der Waals surface area (Å²) in [6.07, 6.45) is 6.99. The molecule has 0 aromatic heterocycles. The van der Waals surface area contributed by atoms with Crippen molar-refractivity contribution in [3.8, 4) is 0 Å². The lowest BCUT2D eigenvalue weighted by atomic mass is 9.88. The van der Waals surface area contributed by atoms with Crippen LogP contribution in [0.3, 0.4) is 0 Å². The van der Waals surface area contributed by atoms with E-state index < -0.39 is 10.0 Å². The molecule has 0 bridgehead atoms. The molecule has 1 fully saturated rings. The molecule has 6 nitrogen and oxygen atoms in total. The predicted molar refractivity (Wildman–Crippen MR) is 130 cm³/mol. The lowest BCUT2D eigenvalue weighted by Crippen LogP contribution is -2.52. The van der Waals surface area contributed by atoms with Crippen LogP contribution in [-0.2, 0) is 10.0 Å². The summed E-state index contributed by atoms with van der Waals surface area (Å²) < 4.78 is 27.7. The fourth-order valence-corrected chi connectivity index (χ4v) is 5.98. The van der Waals surface area contributed by atoms with Gasteiger partial charge in [-0.05, 0) is 70.3 Å². The monoisotopic (exact) mass is 457 g/mol. The van der Waals surface area contributed by atoms with Gasteiger partial charge < -0.3 is 10.2 Å². The third-order valence-electron chi connectivity index (χ3n) is 6.60. The minimum absolute atomic E-state index is 0.0211. The second-order valence-electron chi connectivity index (χ2n) is 8.75. The van der Waals surface area contributed by atoms with Crippen LogP contribution in [0.15, 0.2) is 59.5 Å². The van der Waals surface area contributed by atoms with E-state index in [9.17, 15) is 13.2 Å². The fraction of sp³-hybridized carbons (Fsp3) is 0.480. The Kier molecular flexibility index (Phi) is 7.96. The Morgan fingerprint density at radius 1 is 0.938 bits per heavy atom. The first-order chi connectivity index (χ1) is 15.3. The number of carbonyl (C=O) groups excluding carboxylic acids is 1. The van der Waals surface area contributed by atoms with Crippen molar-refractivity contribution in [3.63, 3.8) is 0 Å². The average Bonchev–Trinajstić information content (AvgIpc) is 3.05. The molecule has 0 radical (unpaired) electrons. The summed E-state index contributed by atoms with van der Waals surface area (Å²) in [5, 5.41) is 3.10. The standard InChI is InChI=1S/C25H35N3O3S/c1-4-28(22-12-8-7-9-13-22)32(30,31)23-16-14-21(15-17-23)24(29)26-20-25(27(2)3)18-10-5-6-11-19-25/h7-9,12-17H,4-6,10-11,18-20H2,1-3H3,(H,26,29). The van der Waals surface area contributed by atoms with Gasteiger partial charge in [0.15, 0.2) is 0 Å². The van der Waals surface area contributed by atoms with E-state index in [1.165, 1.54) is 42.1 Å². The number of anilines is 1. The highest BCUT2D eigenvalue weighted by Crippen LogP contribution is 2.30. The zero-order valence-electron chi connectivity index (χ0n) is 19.4. The van der Waals surface area contributed by atoms with E-state index >= 15 is 0 Å². The van der Waals surface area contributed by atoms with E-state index in [-0.39, 0.29) is 16.3 Å². The summed E-state index contributed by atoms with van der Waals surface area (Å²) in [6, 6.07) is 15.3. The number of carbonyl (C=O) groups is 1. The Hall–Kier alpha value is -2.38. The molecule has 2 aromatic carbocycles. The topological polar surface area (TPSA) is 69.7 Å². The molecule has 1 aliphatic rings. The molecular weight excluding hydrogens is 422 g/mol. The van der Waals surface area contributed by atoms with Gasteiger partial charge in [0.2, 0.25) is 0 Å². The number of para-hydroxylation sites is 1. The van der Waals surface area contributed by atoms with Crippen molar-refractivity contribution in [1.29, 1.82) is 0 Å². The molecule has 1 aliphatic carbocycles. The molecule has 2 aromatic rings. The number of nitrogens with zero attached hydrogens (tertiary/aromatic N) is 2. The van der Waals surface area contributed by atoms with E-state index in [2.05, 4.69) is 24.3 Å². The minimum Gasteiger partial charge on any atom is -0.350 e. The largest absolute Gasteiger partial charge is 0.350 e. The molecule has 1 saturated carbocycles. The number of hydrogen-bond acceptors (Lipinski definition) is 4. The lowest BCUT2D eigenvalue weighted by molar-refractivity contribution is 0.0869. The van der Waals surface area contributed by atoms with Crippen LogP contribution in [0, 0.1) is 0 Å². The van der Waals surface area contributed by atoms with E-state index in [4.69, 9.17) is 0 Å². The SMILES string of the molecule is CCN(c1ccccc1)S(=O)(=O)c1ccc(C(=O)NCC2(N(C)C)CCCCCC2)cc1. The minimum atomic E-state index is -3.71. The molecule has 0 saturated heterocycles. The molecule has 0 heterocycles. The summed E-state index contributed by atoms with van der Waals surface area (Å²) in [4.78, 5) is 15.2. The highest BCUT2D eigenvalue weighted by Gasteiger charge is 2.33. The second kappa shape index (κ2) is 10.5. The first-order valence-corrected chi connectivity index (χ1v) is 12.9. The Bertz CT molecular complexity index is 981. The number of hydrogen-bond donors (Lipinski definition) is 1. The molecule has 7 heteroatoms. The zero-order valence-corrected chi connectivity index (χ0v) is 20.2. The maximum atomic E-state index is 13.1. The Balaban J connectivity index is 1.72. The van der Waals surface area contributed by atoms with Crippen molar-refractivity contribution in [1.82, 2.24) is 10.2 Å². The van der Waals surface area contributed by atoms with Gasteiger partial charge in [0.05, 0.1) is 10.6 Å². The highest BCUT2D eigenvalue weighted by molar-refractivity contribution is 7.92. The van der Waals surface area contributed by atoms with Crippen molar-refractivity contribution in [2.75, 3.05) is 31.5 Å². The van der Waals surface area contributed by atoms with Gasteiger partial charge in [-0.15, -0.1) is 0 Å². The highest BCUT2D eigenvalue weighted by atomic mass is 32.2. The number of benzene rings is 2. The summed E-state index contributed by atoms with van der Waals surface area (Å²) in [7, 11) is 0.467. The van der Waals surface area contributed by atoms with Crippen LogP contribution in [-0.4, -0.2) is 51.9 Å². The fourth-order valence-electron chi connectivity index (χ4n) is 4.51. The van der Waals surface area contributed by atoms with Crippen LogP contribution >= 0.6 is 0 Å². The third-order valence-corrected chi connectivity index (χ3v) is 8.51. The summed E-state index contributed by atoms with van der Waals surface area (Å²) in [5.74, 6) is -0.171. The molecule has 3 rings (SSSR count). The molecule has 0 aliphatic heterocycles. The van der Waals surface area contributed by atoms with Gasteiger partial charge in [0.25, 0.3) is 15.9 Å². The molecule has 1 amide bonds. The van der Waals surface area contributed by atoms with Crippen LogP contribution in [0.5, 0.6) is 0 Å². The molecule has 32 heavy (non-hydrogen) atoms. The van der Waals surface area contributed by atoms with Gasteiger partial charge >= 0.3 is 0 Å². The van der Waals surface area contributed by atoms with Crippen molar-refractivity contribution >= 4 is 21.6 Å². The Morgan fingerprint density at radius 3 is 2.06 bits per heavy atom. The molecule has 174 valence electrons. The van der Waals surface area contributed by atoms with Gasteiger partial charge in [-0.1, -0.05) is 43.9 Å². The maximum absolute atomic E-state index is 13.1. The van der Waals surface area contributed by atoms with E-state index in [0.717, 1.165) is 12.8 Å². The van der Waals surface area contributed by atoms with Crippen LogP contribution < -0.4 is 9.62 Å². The van der Waals surface area contributed by atoms with Gasteiger partial charge in [-0.3, -0.25) is 9.10 Å². The average molecular weight is 458 g/mol. The van der Waals surface area contributed by atoms with Crippen LogP contribution in [0.1, 0.15) is 55.8 Å². The molecular formula is C25H35N3O3S. The van der Waals surface area contributed by atoms with Gasteiger partial charge in [-0.2, -0.15) is 0 Å². The van der Waals surface area contributed by atoms with E-state index in [1.807, 2.05) is 18.2 Å². The van der Waals surface area contributed by atoms with Crippen LogP contribution in [0.25, 0.3) is 0 Å². The zero-order chi connectivity index (χ0) is 23.2. The summed E-state index contributed by atoms with van der Waals surface area (Å²) >= 11 is 0.